The standard InChI is InChI=1S/C29H44N2O9/c1-26(2,24(36)25(37)38)15-30-22(35)14-40-31-17-7-9-27(3)16(11-17)5-6-18-19-8-10-29(39,21(34)13-32)28(19,4)12-20(33)23(18)27/h11,18-20,23-24,32-33,36,39H,5-10,12-15H2,1-4H3,(H,30,35)(H,37,38)/b31-17-/t18-,19-,20-,23+,24+,27-,28-,29-/m0/s1. The summed E-state index contributed by atoms with van der Waals surface area (Å²) >= 11 is 0. The lowest BCUT2D eigenvalue weighted by molar-refractivity contribution is -0.181. The van der Waals surface area contributed by atoms with Crippen molar-refractivity contribution in [1.29, 1.82) is 0 Å². The quantitative estimate of drug-likeness (QED) is 0.224. The Hall–Kier alpha value is -2.34. The van der Waals surface area contributed by atoms with E-state index in [1.165, 1.54) is 5.57 Å². The van der Waals surface area contributed by atoms with Crippen LogP contribution in [-0.2, 0) is 19.2 Å². The highest BCUT2D eigenvalue weighted by atomic mass is 16.6. The fraction of sp³-hybridized carbons (Fsp3) is 0.793. The molecule has 0 aromatic carbocycles. The molecule has 40 heavy (non-hydrogen) atoms. The average Bonchev–Trinajstić information content (AvgIpc) is 3.17. The molecule has 11 heteroatoms. The van der Waals surface area contributed by atoms with Crippen molar-refractivity contribution in [3.8, 4) is 0 Å². The number of hydrogen-bond donors (Lipinski definition) is 6. The Morgan fingerprint density at radius 3 is 2.55 bits per heavy atom. The molecule has 3 saturated carbocycles. The molecule has 4 rings (SSSR count). The van der Waals surface area contributed by atoms with Gasteiger partial charge in [0.25, 0.3) is 5.91 Å². The van der Waals surface area contributed by atoms with Crippen molar-refractivity contribution in [3.05, 3.63) is 11.6 Å². The topological polar surface area (TPSA) is 186 Å². The van der Waals surface area contributed by atoms with Gasteiger partial charge in [0.1, 0.15) is 12.2 Å². The third-order valence-electron chi connectivity index (χ3n) is 10.8. The Morgan fingerprint density at radius 2 is 1.90 bits per heavy atom. The maximum absolute atomic E-state index is 12.6. The number of allylic oxidation sites excluding steroid dienone is 2. The van der Waals surface area contributed by atoms with Crippen LogP contribution >= 0.6 is 0 Å². The lowest BCUT2D eigenvalue weighted by atomic mass is 9.45. The summed E-state index contributed by atoms with van der Waals surface area (Å²) in [5, 5.41) is 57.9. The number of aliphatic hydroxyl groups is 4. The molecule has 0 aliphatic heterocycles. The van der Waals surface area contributed by atoms with Crippen LogP contribution in [0.5, 0.6) is 0 Å². The summed E-state index contributed by atoms with van der Waals surface area (Å²) in [6, 6.07) is 0. The second-order valence-electron chi connectivity index (χ2n) is 13.5. The summed E-state index contributed by atoms with van der Waals surface area (Å²) in [5.41, 5.74) is -1.83. The number of hydrogen-bond acceptors (Lipinski definition) is 9. The van der Waals surface area contributed by atoms with Gasteiger partial charge in [0, 0.05) is 17.4 Å². The zero-order valence-corrected chi connectivity index (χ0v) is 23.9. The molecule has 6 N–H and O–H groups in total. The van der Waals surface area contributed by atoms with Gasteiger partial charge in [-0.2, -0.15) is 0 Å². The Balaban J connectivity index is 1.41. The van der Waals surface area contributed by atoms with Crippen molar-refractivity contribution in [2.75, 3.05) is 19.8 Å². The lowest BCUT2D eigenvalue weighted by Crippen LogP contribution is -2.62. The summed E-state index contributed by atoms with van der Waals surface area (Å²) in [5.74, 6) is -2.18. The molecule has 0 saturated heterocycles. The number of amides is 1. The van der Waals surface area contributed by atoms with E-state index >= 15 is 0 Å². The van der Waals surface area contributed by atoms with Gasteiger partial charge in [-0.1, -0.05) is 38.4 Å². The number of carboxylic acid groups (broad SMARTS) is 1. The van der Waals surface area contributed by atoms with E-state index in [2.05, 4.69) is 17.4 Å². The van der Waals surface area contributed by atoms with Gasteiger partial charge in [0.05, 0.1) is 11.8 Å². The van der Waals surface area contributed by atoms with Gasteiger partial charge in [-0.05, 0) is 74.2 Å². The van der Waals surface area contributed by atoms with Gasteiger partial charge in [-0.15, -0.1) is 0 Å². The molecule has 0 heterocycles. The molecule has 0 radical (unpaired) electrons. The summed E-state index contributed by atoms with van der Waals surface area (Å²) in [7, 11) is 0. The molecule has 11 nitrogen and oxygen atoms in total. The SMILES string of the molecule is CC(C)(CNC(=O)CO/N=C1\C=C2CC[C@@H]3[C@H]([C@@H](O)C[C@@]4(C)[C@H]3CC[C@]4(O)C(=O)CO)[C@@]2(C)CC1)[C@H](O)C(=O)O. The molecule has 0 bridgehead atoms. The van der Waals surface area contributed by atoms with Crippen molar-refractivity contribution in [2.45, 2.75) is 90.4 Å². The van der Waals surface area contributed by atoms with E-state index in [-0.39, 0.29) is 36.3 Å². The number of aliphatic hydroxyl groups excluding tert-OH is 3. The minimum absolute atomic E-state index is 0.0186. The van der Waals surface area contributed by atoms with E-state index in [0.717, 1.165) is 19.3 Å². The molecule has 0 spiro atoms. The maximum atomic E-state index is 12.6. The summed E-state index contributed by atoms with van der Waals surface area (Å²) < 4.78 is 0. The first-order valence-electron chi connectivity index (χ1n) is 14.2. The van der Waals surface area contributed by atoms with Crippen LogP contribution in [-0.4, -0.2) is 86.5 Å². The number of Topliss-reactive ketones (excluding diaryl/α,β-unsaturated/α-hetero) is 1. The van der Waals surface area contributed by atoms with E-state index in [0.29, 0.717) is 31.4 Å². The normalized spacial score (nSPS) is 38.9. The maximum Gasteiger partial charge on any atom is 0.333 e. The first kappa shape index (κ1) is 30.6. The van der Waals surface area contributed by atoms with Crippen molar-refractivity contribution < 1.29 is 44.8 Å². The van der Waals surface area contributed by atoms with Crippen molar-refractivity contribution in [1.82, 2.24) is 5.32 Å². The Bertz CT molecular complexity index is 1100. The molecule has 4 aliphatic carbocycles. The number of fused-ring (bicyclic) bond motifs is 5. The first-order valence-corrected chi connectivity index (χ1v) is 14.2. The zero-order valence-electron chi connectivity index (χ0n) is 23.9. The second kappa shape index (κ2) is 10.8. The predicted octanol–water partition coefficient (Wildman–Crippen LogP) is 1.17. The smallest absolute Gasteiger partial charge is 0.333 e. The van der Waals surface area contributed by atoms with E-state index < -0.39 is 52.9 Å². The summed E-state index contributed by atoms with van der Waals surface area (Å²) in [6.07, 6.45) is 3.96. The largest absolute Gasteiger partial charge is 0.479 e. The Kier molecular flexibility index (Phi) is 8.28. The summed E-state index contributed by atoms with van der Waals surface area (Å²) in [4.78, 5) is 41.1. The minimum Gasteiger partial charge on any atom is -0.479 e. The van der Waals surface area contributed by atoms with E-state index in [9.17, 15) is 34.8 Å². The third kappa shape index (κ3) is 4.99. The number of aliphatic carboxylic acids is 1. The van der Waals surface area contributed by atoms with Gasteiger partial charge in [0.2, 0.25) is 0 Å². The Labute approximate surface area is 234 Å². The van der Waals surface area contributed by atoms with Crippen LogP contribution in [0.2, 0.25) is 0 Å². The molecule has 8 atom stereocenters. The molecular formula is C29H44N2O9. The summed E-state index contributed by atoms with van der Waals surface area (Å²) in [6.45, 7) is 6.07. The van der Waals surface area contributed by atoms with E-state index in [1.54, 1.807) is 13.8 Å². The van der Waals surface area contributed by atoms with Crippen molar-refractivity contribution >= 4 is 23.4 Å². The van der Waals surface area contributed by atoms with E-state index in [4.69, 9.17) is 9.94 Å². The molecule has 0 aromatic heterocycles. The van der Waals surface area contributed by atoms with Crippen LogP contribution < -0.4 is 5.32 Å². The monoisotopic (exact) mass is 564 g/mol. The molecule has 1 amide bonds. The van der Waals surface area contributed by atoms with Gasteiger partial charge >= 0.3 is 5.97 Å². The van der Waals surface area contributed by atoms with Gasteiger partial charge < -0.3 is 35.7 Å². The molecule has 4 aliphatic rings. The highest BCUT2D eigenvalue weighted by Gasteiger charge is 2.68. The number of nitrogens with one attached hydrogen (secondary N) is 1. The fourth-order valence-electron chi connectivity index (χ4n) is 8.35. The van der Waals surface area contributed by atoms with Crippen LogP contribution in [0.25, 0.3) is 0 Å². The highest BCUT2D eigenvalue weighted by molar-refractivity contribution is 5.96. The molecule has 0 aromatic rings. The fourth-order valence-corrected chi connectivity index (χ4v) is 8.35. The third-order valence-corrected chi connectivity index (χ3v) is 10.8. The minimum atomic E-state index is -1.62. The number of oxime groups is 1. The van der Waals surface area contributed by atoms with Crippen LogP contribution in [0.3, 0.4) is 0 Å². The van der Waals surface area contributed by atoms with Crippen LogP contribution in [0.15, 0.2) is 16.8 Å². The van der Waals surface area contributed by atoms with Gasteiger partial charge in [-0.25, -0.2) is 4.79 Å². The van der Waals surface area contributed by atoms with Crippen LogP contribution in [0.1, 0.15) is 72.6 Å². The van der Waals surface area contributed by atoms with Gasteiger partial charge in [-0.3, -0.25) is 9.59 Å². The average molecular weight is 565 g/mol. The van der Waals surface area contributed by atoms with Gasteiger partial charge in [0.15, 0.2) is 18.5 Å². The number of carbonyl (C=O) groups excluding carboxylic acids is 2. The molecule has 0 unspecified atom stereocenters. The van der Waals surface area contributed by atoms with Crippen molar-refractivity contribution in [3.63, 3.8) is 0 Å². The number of carbonyl (C=O) groups is 3. The highest BCUT2D eigenvalue weighted by Crippen LogP contribution is 2.67. The number of rotatable bonds is 9. The van der Waals surface area contributed by atoms with Crippen LogP contribution in [0.4, 0.5) is 0 Å². The number of nitrogens with zero attached hydrogens (tertiary/aromatic N) is 1. The van der Waals surface area contributed by atoms with E-state index in [1.807, 2.05) is 13.0 Å². The lowest BCUT2D eigenvalue weighted by Gasteiger charge is -2.60. The number of ketones is 1. The molecular weight excluding hydrogens is 520 g/mol. The van der Waals surface area contributed by atoms with Crippen molar-refractivity contribution in [2.24, 2.45) is 39.2 Å². The molecule has 224 valence electrons. The molecule has 3 fully saturated rings. The van der Waals surface area contributed by atoms with Crippen LogP contribution in [0, 0.1) is 34.0 Å². The first-order chi connectivity index (χ1) is 18.6. The Morgan fingerprint density at radius 1 is 1.20 bits per heavy atom. The number of carboxylic acids is 1. The second-order valence-corrected chi connectivity index (χ2v) is 13.5. The predicted molar refractivity (Wildman–Crippen MR) is 144 cm³/mol. The zero-order chi connectivity index (χ0) is 29.7.